The minimum absolute atomic E-state index is 0.137. The van der Waals surface area contributed by atoms with Crippen molar-refractivity contribution in [3.05, 3.63) is 29.8 Å². The van der Waals surface area contributed by atoms with Gasteiger partial charge in [0.25, 0.3) is 5.91 Å². The minimum Gasteiger partial charge on any atom is -0.383 e. The molecule has 25 heavy (non-hydrogen) atoms. The summed E-state index contributed by atoms with van der Waals surface area (Å²) in [5.41, 5.74) is 6.78. The van der Waals surface area contributed by atoms with Crippen LogP contribution in [0.4, 0.5) is 5.69 Å². The van der Waals surface area contributed by atoms with Crippen LogP contribution in [0.25, 0.3) is 0 Å². The first kappa shape index (κ1) is 19.3. The van der Waals surface area contributed by atoms with Crippen LogP contribution in [-0.2, 0) is 14.3 Å². The predicted octanol–water partition coefficient (Wildman–Crippen LogP) is -0.339. The van der Waals surface area contributed by atoms with Gasteiger partial charge in [-0.25, -0.2) is 0 Å². The van der Waals surface area contributed by atoms with Gasteiger partial charge in [0.1, 0.15) is 6.04 Å². The minimum atomic E-state index is -0.729. The summed E-state index contributed by atoms with van der Waals surface area (Å²) >= 11 is 0. The molecule has 1 saturated heterocycles. The number of nitrogens with zero attached hydrogens (tertiary/aromatic N) is 1. The molecular formula is C17H26N4O4. The van der Waals surface area contributed by atoms with Gasteiger partial charge in [-0.1, -0.05) is 0 Å². The molecule has 1 heterocycles. The summed E-state index contributed by atoms with van der Waals surface area (Å²) in [5.74, 6) is -0.466. The van der Waals surface area contributed by atoms with Crippen molar-refractivity contribution in [1.29, 1.82) is 0 Å². The van der Waals surface area contributed by atoms with Crippen LogP contribution in [0.15, 0.2) is 24.3 Å². The molecule has 0 aliphatic carbocycles. The Morgan fingerprint density at radius 2 is 1.96 bits per heavy atom. The summed E-state index contributed by atoms with van der Waals surface area (Å²) in [4.78, 5) is 26.2. The van der Waals surface area contributed by atoms with Crippen LogP contribution >= 0.6 is 0 Å². The number of amides is 2. The fourth-order valence-corrected chi connectivity index (χ4v) is 2.45. The van der Waals surface area contributed by atoms with Crippen molar-refractivity contribution in [1.82, 2.24) is 10.2 Å². The maximum absolute atomic E-state index is 12.1. The molecule has 0 spiro atoms. The number of rotatable bonds is 8. The van der Waals surface area contributed by atoms with Gasteiger partial charge in [-0.05, 0) is 24.3 Å². The highest BCUT2D eigenvalue weighted by molar-refractivity contribution is 5.97. The zero-order valence-electron chi connectivity index (χ0n) is 14.5. The SMILES string of the molecule is COCC(N)C(=O)Nc1ccc(C(=O)NCCN2CCOCC2)cc1. The number of nitrogens with two attached hydrogens (primary N) is 1. The molecule has 0 radical (unpaired) electrons. The van der Waals surface area contributed by atoms with E-state index in [9.17, 15) is 9.59 Å². The molecule has 1 unspecified atom stereocenters. The van der Waals surface area contributed by atoms with Crippen LogP contribution in [-0.4, -0.2) is 75.9 Å². The maximum atomic E-state index is 12.1. The molecule has 1 aromatic rings. The largest absolute Gasteiger partial charge is 0.383 e. The van der Waals surface area contributed by atoms with E-state index in [4.69, 9.17) is 15.2 Å². The second-order valence-electron chi connectivity index (χ2n) is 5.84. The summed E-state index contributed by atoms with van der Waals surface area (Å²) in [6.07, 6.45) is 0. The Morgan fingerprint density at radius 3 is 2.60 bits per heavy atom. The van der Waals surface area contributed by atoms with Crippen molar-refractivity contribution in [3.63, 3.8) is 0 Å². The van der Waals surface area contributed by atoms with Gasteiger partial charge in [-0.3, -0.25) is 14.5 Å². The highest BCUT2D eigenvalue weighted by Crippen LogP contribution is 2.10. The number of ether oxygens (including phenoxy) is 2. The first-order valence-corrected chi connectivity index (χ1v) is 8.34. The lowest BCUT2D eigenvalue weighted by molar-refractivity contribution is -0.118. The number of hydrogen-bond donors (Lipinski definition) is 3. The van der Waals surface area contributed by atoms with Crippen LogP contribution in [0.3, 0.4) is 0 Å². The fraction of sp³-hybridized carbons (Fsp3) is 0.529. The predicted molar refractivity (Wildman–Crippen MR) is 94.5 cm³/mol. The Balaban J connectivity index is 1.76. The Morgan fingerprint density at radius 1 is 1.28 bits per heavy atom. The van der Waals surface area contributed by atoms with Crippen molar-refractivity contribution in [2.45, 2.75) is 6.04 Å². The zero-order valence-corrected chi connectivity index (χ0v) is 14.5. The molecule has 2 amide bonds. The molecule has 0 saturated carbocycles. The number of hydrogen-bond acceptors (Lipinski definition) is 6. The third-order valence-electron chi connectivity index (χ3n) is 3.91. The maximum Gasteiger partial charge on any atom is 0.251 e. The second kappa shape index (κ2) is 10.1. The summed E-state index contributed by atoms with van der Waals surface area (Å²) in [7, 11) is 1.49. The highest BCUT2D eigenvalue weighted by Gasteiger charge is 2.14. The Bertz CT molecular complexity index is 558. The normalized spacial score (nSPS) is 16.2. The summed E-state index contributed by atoms with van der Waals surface area (Å²) in [6.45, 7) is 4.83. The third kappa shape index (κ3) is 6.43. The number of benzene rings is 1. The van der Waals surface area contributed by atoms with E-state index in [1.807, 2.05) is 0 Å². The monoisotopic (exact) mass is 350 g/mol. The number of anilines is 1. The van der Waals surface area contributed by atoms with Crippen LogP contribution < -0.4 is 16.4 Å². The van der Waals surface area contributed by atoms with Gasteiger partial charge in [0, 0.05) is 44.5 Å². The number of methoxy groups -OCH3 is 1. The molecule has 8 nitrogen and oxygen atoms in total. The molecule has 0 bridgehead atoms. The van der Waals surface area contributed by atoms with E-state index >= 15 is 0 Å². The molecule has 2 rings (SSSR count). The molecule has 4 N–H and O–H groups in total. The average Bonchev–Trinajstić information content (AvgIpc) is 2.63. The van der Waals surface area contributed by atoms with E-state index in [0.717, 1.165) is 32.8 Å². The molecule has 138 valence electrons. The van der Waals surface area contributed by atoms with Crippen LogP contribution in [0, 0.1) is 0 Å². The van der Waals surface area contributed by atoms with E-state index in [1.54, 1.807) is 24.3 Å². The van der Waals surface area contributed by atoms with E-state index in [0.29, 0.717) is 17.8 Å². The molecule has 1 atom stereocenters. The van der Waals surface area contributed by atoms with Gasteiger partial charge < -0.3 is 25.8 Å². The van der Waals surface area contributed by atoms with Crippen LogP contribution in [0.2, 0.25) is 0 Å². The van der Waals surface area contributed by atoms with Crippen molar-refractivity contribution < 1.29 is 19.1 Å². The van der Waals surface area contributed by atoms with Gasteiger partial charge in [-0.15, -0.1) is 0 Å². The number of carbonyl (C=O) groups is 2. The standard InChI is InChI=1S/C17H26N4O4/c1-24-12-15(18)17(23)20-14-4-2-13(3-5-14)16(22)19-6-7-21-8-10-25-11-9-21/h2-5,15H,6-12,18H2,1H3,(H,19,22)(H,20,23). The lowest BCUT2D eigenvalue weighted by Crippen LogP contribution is -2.41. The molecule has 8 heteroatoms. The third-order valence-corrected chi connectivity index (χ3v) is 3.91. The van der Waals surface area contributed by atoms with Gasteiger partial charge in [0.15, 0.2) is 0 Å². The molecule has 0 aromatic heterocycles. The molecule has 1 aromatic carbocycles. The van der Waals surface area contributed by atoms with E-state index in [-0.39, 0.29) is 18.4 Å². The molecule has 1 fully saturated rings. The highest BCUT2D eigenvalue weighted by atomic mass is 16.5. The quantitative estimate of drug-likeness (QED) is 0.592. The second-order valence-corrected chi connectivity index (χ2v) is 5.84. The Hall–Kier alpha value is -2.00. The number of nitrogens with one attached hydrogen (secondary N) is 2. The zero-order chi connectivity index (χ0) is 18.1. The number of morpholine rings is 1. The Kier molecular flexibility index (Phi) is 7.80. The first-order chi connectivity index (χ1) is 12.1. The first-order valence-electron chi connectivity index (χ1n) is 8.34. The molecule has 1 aliphatic rings. The van der Waals surface area contributed by atoms with Crippen LogP contribution in [0.1, 0.15) is 10.4 Å². The van der Waals surface area contributed by atoms with Crippen molar-refractivity contribution in [2.24, 2.45) is 5.73 Å². The average molecular weight is 350 g/mol. The molecular weight excluding hydrogens is 324 g/mol. The van der Waals surface area contributed by atoms with E-state index in [1.165, 1.54) is 7.11 Å². The lowest BCUT2D eigenvalue weighted by atomic mass is 10.2. The van der Waals surface area contributed by atoms with Crippen LogP contribution in [0.5, 0.6) is 0 Å². The fourth-order valence-electron chi connectivity index (χ4n) is 2.45. The van der Waals surface area contributed by atoms with E-state index in [2.05, 4.69) is 15.5 Å². The molecule has 1 aliphatic heterocycles. The summed E-state index contributed by atoms with van der Waals surface area (Å²) in [5, 5.41) is 5.58. The van der Waals surface area contributed by atoms with E-state index < -0.39 is 6.04 Å². The smallest absolute Gasteiger partial charge is 0.251 e. The van der Waals surface area contributed by atoms with Gasteiger partial charge in [0.2, 0.25) is 5.91 Å². The topological polar surface area (TPSA) is 106 Å². The van der Waals surface area contributed by atoms with Crippen molar-refractivity contribution in [2.75, 3.05) is 58.4 Å². The Labute approximate surface area is 147 Å². The lowest BCUT2D eigenvalue weighted by Gasteiger charge is -2.26. The van der Waals surface area contributed by atoms with Crippen molar-refractivity contribution >= 4 is 17.5 Å². The van der Waals surface area contributed by atoms with Gasteiger partial charge in [0.05, 0.1) is 19.8 Å². The number of carbonyl (C=O) groups excluding carboxylic acids is 2. The summed E-state index contributed by atoms with van der Waals surface area (Å²) in [6, 6.07) is 5.96. The van der Waals surface area contributed by atoms with Crippen molar-refractivity contribution in [3.8, 4) is 0 Å². The summed E-state index contributed by atoms with van der Waals surface area (Å²) < 4.78 is 10.1. The van der Waals surface area contributed by atoms with Gasteiger partial charge in [-0.2, -0.15) is 0 Å². The van der Waals surface area contributed by atoms with Gasteiger partial charge >= 0.3 is 0 Å².